The highest BCUT2D eigenvalue weighted by Gasteiger charge is 1.96. The second-order valence-corrected chi connectivity index (χ2v) is 4.65. The summed E-state index contributed by atoms with van der Waals surface area (Å²) in [5.74, 6) is 6.66. The van der Waals surface area contributed by atoms with Crippen molar-refractivity contribution in [2.75, 3.05) is 39.5 Å². The summed E-state index contributed by atoms with van der Waals surface area (Å²) in [6, 6.07) is 0. The van der Waals surface area contributed by atoms with Gasteiger partial charge in [0.05, 0.1) is 6.61 Å². The molecule has 0 aromatic heterocycles. The number of nitrogens with zero attached hydrogens (tertiary/aromatic N) is 1. The van der Waals surface area contributed by atoms with Gasteiger partial charge in [0.25, 0.3) is 0 Å². The van der Waals surface area contributed by atoms with E-state index < -0.39 is 0 Å². The quantitative estimate of drug-likeness (QED) is 0.171. The molecule has 0 spiro atoms. The molecule has 0 fully saturated rings. The smallest absolute Gasteiger partial charge is 0.205 e. The third-order valence-electron chi connectivity index (χ3n) is 2.44. The molecule has 0 heterocycles. The maximum atomic E-state index is 5.49. The molecule has 0 saturated heterocycles. The lowest BCUT2D eigenvalue weighted by Gasteiger charge is -2.10. The SMILES string of the molecule is CCOCCCN=C(NN)NCCOCCC(C)C. The standard InChI is InChI=1S/C13H30N4O2/c1-4-18-9-5-7-15-13(17-14)16-8-11-19-10-6-12(2)3/h12H,4-11,14H2,1-3H3,(H2,15,16,17). The third-order valence-corrected chi connectivity index (χ3v) is 2.44. The van der Waals surface area contributed by atoms with Crippen molar-refractivity contribution in [2.24, 2.45) is 16.8 Å². The first kappa shape index (κ1) is 18.1. The molecule has 0 radical (unpaired) electrons. The van der Waals surface area contributed by atoms with E-state index in [-0.39, 0.29) is 0 Å². The van der Waals surface area contributed by atoms with Crippen molar-refractivity contribution in [3.63, 3.8) is 0 Å². The minimum Gasteiger partial charge on any atom is -0.382 e. The highest BCUT2D eigenvalue weighted by Crippen LogP contribution is 1.98. The highest BCUT2D eigenvalue weighted by molar-refractivity contribution is 5.79. The van der Waals surface area contributed by atoms with Crippen LogP contribution in [0.1, 0.15) is 33.6 Å². The van der Waals surface area contributed by atoms with Crippen LogP contribution in [0.15, 0.2) is 4.99 Å². The van der Waals surface area contributed by atoms with E-state index in [0.717, 1.165) is 32.7 Å². The Morgan fingerprint density at radius 3 is 2.63 bits per heavy atom. The van der Waals surface area contributed by atoms with Gasteiger partial charge in [0.15, 0.2) is 0 Å². The first-order chi connectivity index (χ1) is 9.20. The fraction of sp³-hybridized carbons (Fsp3) is 0.923. The van der Waals surface area contributed by atoms with E-state index in [1.807, 2.05) is 6.92 Å². The predicted molar refractivity (Wildman–Crippen MR) is 79.0 cm³/mol. The minimum absolute atomic E-state index is 0.601. The first-order valence-corrected chi connectivity index (χ1v) is 7.11. The van der Waals surface area contributed by atoms with E-state index in [1.165, 1.54) is 0 Å². The highest BCUT2D eigenvalue weighted by atomic mass is 16.5. The fourth-order valence-electron chi connectivity index (χ4n) is 1.32. The molecular weight excluding hydrogens is 244 g/mol. The Morgan fingerprint density at radius 1 is 1.21 bits per heavy atom. The molecule has 0 rings (SSSR count). The van der Waals surface area contributed by atoms with Gasteiger partial charge in [-0.15, -0.1) is 0 Å². The number of aliphatic imine (C=N–C) groups is 1. The van der Waals surface area contributed by atoms with Crippen LogP contribution in [-0.4, -0.2) is 45.5 Å². The Kier molecular flexibility index (Phi) is 13.0. The molecular formula is C13H30N4O2. The summed E-state index contributed by atoms with van der Waals surface area (Å²) in [6.45, 7) is 10.7. The van der Waals surface area contributed by atoms with Gasteiger partial charge in [-0.2, -0.15) is 0 Å². The van der Waals surface area contributed by atoms with Crippen molar-refractivity contribution in [2.45, 2.75) is 33.6 Å². The number of nitrogens with two attached hydrogens (primary N) is 1. The first-order valence-electron chi connectivity index (χ1n) is 7.11. The monoisotopic (exact) mass is 274 g/mol. The Bertz CT molecular complexity index is 223. The summed E-state index contributed by atoms with van der Waals surface area (Å²) in [7, 11) is 0. The van der Waals surface area contributed by atoms with Crippen LogP contribution in [0.4, 0.5) is 0 Å². The van der Waals surface area contributed by atoms with E-state index >= 15 is 0 Å². The van der Waals surface area contributed by atoms with Crippen molar-refractivity contribution in [3.8, 4) is 0 Å². The molecule has 0 saturated carbocycles. The largest absolute Gasteiger partial charge is 0.382 e. The molecule has 6 nitrogen and oxygen atoms in total. The molecule has 0 aliphatic heterocycles. The van der Waals surface area contributed by atoms with Gasteiger partial charge in [-0.25, -0.2) is 5.84 Å². The van der Waals surface area contributed by atoms with Gasteiger partial charge in [-0.3, -0.25) is 10.4 Å². The lowest BCUT2D eigenvalue weighted by atomic mass is 10.1. The van der Waals surface area contributed by atoms with E-state index in [2.05, 4.69) is 29.6 Å². The van der Waals surface area contributed by atoms with Crippen LogP contribution < -0.4 is 16.6 Å². The van der Waals surface area contributed by atoms with Crippen LogP contribution in [0, 0.1) is 5.92 Å². The Hall–Kier alpha value is -0.850. The van der Waals surface area contributed by atoms with Gasteiger partial charge in [-0.1, -0.05) is 13.8 Å². The van der Waals surface area contributed by atoms with Crippen LogP contribution in [0.5, 0.6) is 0 Å². The zero-order valence-corrected chi connectivity index (χ0v) is 12.6. The van der Waals surface area contributed by atoms with E-state index in [4.69, 9.17) is 15.3 Å². The second-order valence-electron chi connectivity index (χ2n) is 4.65. The molecule has 6 heteroatoms. The summed E-state index contributed by atoms with van der Waals surface area (Å²) in [5, 5.41) is 3.10. The van der Waals surface area contributed by atoms with Crippen LogP contribution in [-0.2, 0) is 9.47 Å². The number of hydrogen-bond acceptors (Lipinski definition) is 4. The zero-order chi connectivity index (χ0) is 14.3. The lowest BCUT2D eigenvalue weighted by molar-refractivity contribution is 0.128. The van der Waals surface area contributed by atoms with Crippen LogP contribution in [0.3, 0.4) is 0 Å². The average Bonchev–Trinajstić information content (AvgIpc) is 2.39. The van der Waals surface area contributed by atoms with Crippen molar-refractivity contribution >= 4 is 5.96 Å². The molecule has 0 aliphatic rings. The third kappa shape index (κ3) is 13.4. The second kappa shape index (κ2) is 13.6. The molecule has 0 aromatic carbocycles. The molecule has 0 unspecified atom stereocenters. The van der Waals surface area contributed by atoms with Crippen molar-refractivity contribution in [1.29, 1.82) is 0 Å². The number of ether oxygens (including phenoxy) is 2. The molecule has 0 bridgehead atoms. The average molecular weight is 274 g/mol. The summed E-state index contributed by atoms with van der Waals surface area (Å²) in [5.41, 5.74) is 2.54. The predicted octanol–water partition coefficient (Wildman–Crippen LogP) is 0.885. The number of guanidine groups is 1. The lowest BCUT2D eigenvalue weighted by Crippen LogP contribution is -2.43. The summed E-state index contributed by atoms with van der Waals surface area (Å²) in [4.78, 5) is 4.29. The Labute approximate surface area is 117 Å². The van der Waals surface area contributed by atoms with Crippen molar-refractivity contribution in [3.05, 3.63) is 0 Å². The van der Waals surface area contributed by atoms with Gasteiger partial charge < -0.3 is 14.8 Å². The Balaban J connectivity index is 3.50. The van der Waals surface area contributed by atoms with E-state index in [9.17, 15) is 0 Å². The summed E-state index contributed by atoms with van der Waals surface area (Å²) in [6.07, 6.45) is 1.99. The van der Waals surface area contributed by atoms with Crippen LogP contribution >= 0.6 is 0 Å². The Morgan fingerprint density at radius 2 is 2.00 bits per heavy atom. The number of hydrazine groups is 1. The normalized spacial score (nSPS) is 11.9. The number of rotatable bonds is 11. The molecule has 0 aromatic rings. The van der Waals surface area contributed by atoms with E-state index in [1.54, 1.807) is 0 Å². The zero-order valence-electron chi connectivity index (χ0n) is 12.6. The van der Waals surface area contributed by atoms with E-state index in [0.29, 0.717) is 31.6 Å². The minimum atomic E-state index is 0.601. The molecule has 0 amide bonds. The summed E-state index contributed by atoms with van der Waals surface area (Å²) >= 11 is 0. The molecule has 4 N–H and O–H groups in total. The molecule has 114 valence electrons. The van der Waals surface area contributed by atoms with Gasteiger partial charge in [0.1, 0.15) is 0 Å². The topological polar surface area (TPSA) is 80.9 Å². The van der Waals surface area contributed by atoms with Gasteiger partial charge >= 0.3 is 0 Å². The van der Waals surface area contributed by atoms with Gasteiger partial charge in [0, 0.05) is 32.9 Å². The maximum absolute atomic E-state index is 5.49. The van der Waals surface area contributed by atoms with Crippen LogP contribution in [0.2, 0.25) is 0 Å². The molecule has 0 aliphatic carbocycles. The fourth-order valence-corrected chi connectivity index (χ4v) is 1.32. The summed E-state index contributed by atoms with van der Waals surface area (Å²) < 4.78 is 10.7. The maximum Gasteiger partial charge on any atom is 0.205 e. The molecule has 0 atom stereocenters. The van der Waals surface area contributed by atoms with Gasteiger partial charge in [-0.05, 0) is 25.7 Å². The number of nitrogens with one attached hydrogen (secondary N) is 2. The van der Waals surface area contributed by atoms with Crippen molar-refractivity contribution in [1.82, 2.24) is 10.7 Å². The number of hydrogen-bond donors (Lipinski definition) is 3. The van der Waals surface area contributed by atoms with Crippen LogP contribution in [0.25, 0.3) is 0 Å². The molecule has 19 heavy (non-hydrogen) atoms. The van der Waals surface area contributed by atoms with Crippen molar-refractivity contribution < 1.29 is 9.47 Å². The van der Waals surface area contributed by atoms with Gasteiger partial charge in [0.2, 0.25) is 5.96 Å².